The molecule has 2 rings (SSSR count). The van der Waals surface area contributed by atoms with Gasteiger partial charge in [0, 0.05) is 22.8 Å². The average Bonchev–Trinajstić information content (AvgIpc) is 2.61. The maximum absolute atomic E-state index is 5.71. The van der Waals surface area contributed by atoms with E-state index < -0.39 is 0 Å². The van der Waals surface area contributed by atoms with E-state index in [0.29, 0.717) is 0 Å². The third kappa shape index (κ3) is 2.50. The molecule has 0 aliphatic rings. The van der Waals surface area contributed by atoms with E-state index in [9.17, 15) is 0 Å². The number of nitrogens with one attached hydrogen (secondary N) is 1. The van der Waals surface area contributed by atoms with Crippen molar-refractivity contribution in [3.63, 3.8) is 0 Å². The fraction of sp³-hybridized carbons (Fsp3) is 0.167. The van der Waals surface area contributed by atoms with Gasteiger partial charge >= 0.3 is 0 Å². The Kier molecular flexibility index (Phi) is 2.92. The van der Waals surface area contributed by atoms with Crippen LogP contribution < -0.4 is 11.1 Å². The molecule has 0 bridgehead atoms. The zero-order valence-electron chi connectivity index (χ0n) is 8.66. The lowest BCUT2D eigenvalue weighted by Gasteiger charge is -2.06. The highest BCUT2D eigenvalue weighted by Gasteiger charge is 1.98. The Labute approximate surface area is 93.7 Å². The summed E-state index contributed by atoms with van der Waals surface area (Å²) < 4.78 is 0. The molecule has 78 valence electrons. The maximum atomic E-state index is 5.71. The van der Waals surface area contributed by atoms with Crippen LogP contribution in [0.3, 0.4) is 0 Å². The van der Waals surface area contributed by atoms with Gasteiger partial charge in [-0.1, -0.05) is 12.1 Å². The summed E-state index contributed by atoms with van der Waals surface area (Å²) in [6, 6.07) is 10.1. The van der Waals surface area contributed by atoms with Gasteiger partial charge in [0.1, 0.15) is 0 Å². The van der Waals surface area contributed by atoms with Crippen molar-refractivity contribution in [1.82, 2.24) is 0 Å². The van der Waals surface area contributed by atoms with Crippen molar-refractivity contribution >= 4 is 22.7 Å². The molecule has 2 aromatic rings. The molecule has 1 aromatic heterocycles. The van der Waals surface area contributed by atoms with E-state index in [-0.39, 0.29) is 0 Å². The van der Waals surface area contributed by atoms with Gasteiger partial charge in [0.25, 0.3) is 0 Å². The van der Waals surface area contributed by atoms with Gasteiger partial charge in [-0.2, -0.15) is 0 Å². The summed E-state index contributed by atoms with van der Waals surface area (Å²) in [5.41, 5.74) is 8.95. The highest BCUT2D eigenvalue weighted by Crippen LogP contribution is 2.21. The minimum atomic E-state index is 0.816. The quantitative estimate of drug-likeness (QED) is 0.776. The van der Waals surface area contributed by atoms with E-state index in [1.807, 2.05) is 18.2 Å². The third-order valence-corrected chi connectivity index (χ3v) is 3.14. The summed E-state index contributed by atoms with van der Waals surface area (Å²) in [4.78, 5) is 1.32. The largest absolute Gasteiger partial charge is 0.399 e. The molecule has 2 nitrogen and oxygen atoms in total. The van der Waals surface area contributed by atoms with Crippen LogP contribution in [0.4, 0.5) is 11.4 Å². The normalized spacial score (nSPS) is 10.2. The van der Waals surface area contributed by atoms with Crippen LogP contribution in [0.25, 0.3) is 0 Å². The van der Waals surface area contributed by atoms with Gasteiger partial charge in [0.15, 0.2) is 0 Å². The van der Waals surface area contributed by atoms with Crippen molar-refractivity contribution in [2.24, 2.45) is 0 Å². The predicted octanol–water partition coefficient (Wildman–Crippen LogP) is 3.25. The molecule has 0 spiro atoms. The highest BCUT2D eigenvalue weighted by molar-refractivity contribution is 7.10. The second kappa shape index (κ2) is 4.36. The van der Waals surface area contributed by atoms with Crippen molar-refractivity contribution in [1.29, 1.82) is 0 Å². The SMILES string of the molecule is Cc1sccc1NCc1cccc(N)c1. The molecular formula is C12H14N2S. The van der Waals surface area contributed by atoms with Gasteiger partial charge in [-0.25, -0.2) is 0 Å². The molecule has 0 aliphatic heterocycles. The first-order valence-electron chi connectivity index (χ1n) is 4.88. The lowest BCUT2D eigenvalue weighted by atomic mass is 10.2. The number of hydrogen-bond acceptors (Lipinski definition) is 3. The van der Waals surface area contributed by atoms with Crippen LogP contribution in [-0.4, -0.2) is 0 Å². The molecule has 1 heterocycles. The van der Waals surface area contributed by atoms with Gasteiger partial charge in [-0.05, 0) is 36.1 Å². The zero-order chi connectivity index (χ0) is 10.7. The molecule has 0 unspecified atom stereocenters. The van der Waals surface area contributed by atoms with Crippen LogP contribution in [-0.2, 0) is 6.54 Å². The standard InChI is InChI=1S/C12H14N2S/c1-9-12(5-6-15-9)14-8-10-3-2-4-11(13)7-10/h2-7,14H,8,13H2,1H3. The topological polar surface area (TPSA) is 38.0 Å². The molecule has 0 atom stereocenters. The number of anilines is 2. The Morgan fingerprint density at radius 2 is 2.20 bits per heavy atom. The van der Waals surface area contributed by atoms with Crippen LogP contribution in [0.5, 0.6) is 0 Å². The Balaban J connectivity index is 2.02. The number of benzene rings is 1. The number of nitrogens with two attached hydrogens (primary N) is 1. The molecular weight excluding hydrogens is 204 g/mol. The monoisotopic (exact) mass is 218 g/mol. The van der Waals surface area contributed by atoms with Crippen molar-refractivity contribution in [2.45, 2.75) is 13.5 Å². The van der Waals surface area contributed by atoms with E-state index in [0.717, 1.165) is 12.2 Å². The van der Waals surface area contributed by atoms with Crippen LogP contribution in [0.15, 0.2) is 35.7 Å². The van der Waals surface area contributed by atoms with E-state index in [4.69, 9.17) is 5.73 Å². The molecule has 15 heavy (non-hydrogen) atoms. The minimum Gasteiger partial charge on any atom is -0.399 e. The third-order valence-electron chi connectivity index (χ3n) is 2.29. The molecule has 0 radical (unpaired) electrons. The lowest BCUT2D eigenvalue weighted by molar-refractivity contribution is 1.15. The van der Waals surface area contributed by atoms with E-state index in [1.165, 1.54) is 16.1 Å². The Morgan fingerprint density at radius 3 is 2.87 bits per heavy atom. The first kappa shape index (κ1) is 10.1. The van der Waals surface area contributed by atoms with E-state index in [1.54, 1.807) is 11.3 Å². The summed E-state index contributed by atoms with van der Waals surface area (Å²) in [6.07, 6.45) is 0. The smallest absolute Gasteiger partial charge is 0.0481 e. The minimum absolute atomic E-state index is 0.816. The summed E-state index contributed by atoms with van der Waals surface area (Å²) >= 11 is 1.76. The first-order chi connectivity index (χ1) is 7.25. The fourth-order valence-electron chi connectivity index (χ4n) is 1.47. The Morgan fingerprint density at radius 1 is 1.33 bits per heavy atom. The molecule has 0 fully saturated rings. The zero-order valence-corrected chi connectivity index (χ0v) is 9.47. The van der Waals surface area contributed by atoms with Crippen LogP contribution in [0, 0.1) is 6.92 Å². The first-order valence-corrected chi connectivity index (χ1v) is 5.76. The van der Waals surface area contributed by atoms with Crippen molar-refractivity contribution in [2.75, 3.05) is 11.1 Å². The summed E-state index contributed by atoms with van der Waals surface area (Å²) in [5, 5.41) is 5.49. The number of thiophene rings is 1. The van der Waals surface area contributed by atoms with E-state index >= 15 is 0 Å². The summed E-state index contributed by atoms with van der Waals surface area (Å²) in [5.74, 6) is 0. The van der Waals surface area contributed by atoms with E-state index in [2.05, 4.69) is 29.8 Å². The van der Waals surface area contributed by atoms with Gasteiger partial charge in [-0.3, -0.25) is 0 Å². The Bertz CT molecular complexity index is 448. The molecule has 1 aromatic carbocycles. The number of nitrogen functional groups attached to an aromatic ring is 1. The molecule has 0 aliphatic carbocycles. The fourth-order valence-corrected chi connectivity index (χ4v) is 2.14. The predicted molar refractivity (Wildman–Crippen MR) is 67.2 cm³/mol. The highest BCUT2D eigenvalue weighted by atomic mass is 32.1. The lowest BCUT2D eigenvalue weighted by Crippen LogP contribution is -1.99. The van der Waals surface area contributed by atoms with Crippen molar-refractivity contribution < 1.29 is 0 Å². The molecule has 0 saturated heterocycles. The van der Waals surface area contributed by atoms with Gasteiger partial charge in [0.05, 0.1) is 0 Å². The average molecular weight is 218 g/mol. The summed E-state index contributed by atoms with van der Waals surface area (Å²) in [6.45, 7) is 2.94. The maximum Gasteiger partial charge on any atom is 0.0481 e. The van der Waals surface area contributed by atoms with Crippen molar-refractivity contribution in [3.05, 3.63) is 46.2 Å². The number of hydrogen-bond donors (Lipinski definition) is 2. The molecule has 0 saturated carbocycles. The van der Waals surface area contributed by atoms with Crippen LogP contribution in [0.1, 0.15) is 10.4 Å². The Hall–Kier alpha value is -1.48. The summed E-state index contributed by atoms with van der Waals surface area (Å²) in [7, 11) is 0. The number of aryl methyl sites for hydroxylation is 1. The van der Waals surface area contributed by atoms with Crippen molar-refractivity contribution in [3.8, 4) is 0 Å². The second-order valence-electron chi connectivity index (χ2n) is 3.49. The van der Waals surface area contributed by atoms with Crippen LogP contribution in [0.2, 0.25) is 0 Å². The molecule has 3 N–H and O–H groups in total. The number of rotatable bonds is 3. The van der Waals surface area contributed by atoms with Gasteiger partial charge in [-0.15, -0.1) is 11.3 Å². The van der Waals surface area contributed by atoms with Gasteiger partial charge in [0.2, 0.25) is 0 Å². The molecule has 3 heteroatoms. The second-order valence-corrected chi connectivity index (χ2v) is 4.61. The van der Waals surface area contributed by atoms with Crippen LogP contribution >= 0.6 is 11.3 Å². The molecule has 0 amide bonds. The van der Waals surface area contributed by atoms with Gasteiger partial charge < -0.3 is 11.1 Å².